The van der Waals surface area contributed by atoms with Gasteiger partial charge in [-0.25, -0.2) is 9.79 Å². The minimum atomic E-state index is -2.97. The average molecular weight is 405 g/mol. The molecule has 1 aliphatic heterocycles. The van der Waals surface area contributed by atoms with Crippen LogP contribution >= 0.6 is 0 Å². The summed E-state index contributed by atoms with van der Waals surface area (Å²) in [4.78, 5) is 16.4. The molecule has 29 heavy (non-hydrogen) atoms. The molecule has 1 aliphatic rings. The highest BCUT2D eigenvalue weighted by atomic mass is 19.3. The lowest BCUT2D eigenvalue weighted by atomic mass is 10.1. The molecular weight excluding hydrogens is 388 g/mol. The highest BCUT2D eigenvalue weighted by Crippen LogP contribution is 2.36. The van der Waals surface area contributed by atoms with Crippen LogP contribution in [0.5, 0.6) is 23.0 Å². The van der Waals surface area contributed by atoms with E-state index in [9.17, 15) is 13.6 Å². The van der Waals surface area contributed by atoms with Gasteiger partial charge < -0.3 is 23.7 Å². The van der Waals surface area contributed by atoms with Crippen molar-refractivity contribution < 1.29 is 37.3 Å². The van der Waals surface area contributed by atoms with Crippen LogP contribution in [0.2, 0.25) is 0 Å². The van der Waals surface area contributed by atoms with Gasteiger partial charge in [0.2, 0.25) is 5.90 Å². The molecule has 0 spiro atoms. The molecule has 0 fully saturated rings. The van der Waals surface area contributed by atoms with E-state index in [1.165, 1.54) is 45.6 Å². The molecule has 0 aromatic heterocycles. The summed E-state index contributed by atoms with van der Waals surface area (Å²) in [6, 6.07) is 8.95. The Hall–Kier alpha value is -3.62. The third kappa shape index (κ3) is 4.45. The van der Waals surface area contributed by atoms with Crippen LogP contribution in [0, 0.1) is 0 Å². The predicted molar refractivity (Wildman–Crippen MR) is 99.8 cm³/mol. The number of carbonyl (C=O) groups is 1. The summed E-state index contributed by atoms with van der Waals surface area (Å²) in [6.45, 7) is -2.97. The van der Waals surface area contributed by atoms with Gasteiger partial charge in [0.05, 0.1) is 21.3 Å². The maximum absolute atomic E-state index is 12.4. The zero-order chi connectivity index (χ0) is 21.0. The van der Waals surface area contributed by atoms with E-state index in [-0.39, 0.29) is 17.3 Å². The fourth-order valence-corrected chi connectivity index (χ4v) is 2.65. The number of methoxy groups -OCH3 is 3. The Morgan fingerprint density at radius 1 is 1.00 bits per heavy atom. The number of cyclic esters (lactones) is 1. The molecule has 2 aromatic rings. The Morgan fingerprint density at radius 3 is 2.34 bits per heavy atom. The lowest BCUT2D eigenvalue weighted by Gasteiger charge is -2.12. The van der Waals surface area contributed by atoms with Crippen molar-refractivity contribution in [3.63, 3.8) is 0 Å². The topological polar surface area (TPSA) is 75.6 Å². The van der Waals surface area contributed by atoms with Crippen LogP contribution in [-0.2, 0) is 9.53 Å². The number of hydrogen-bond acceptors (Lipinski definition) is 7. The lowest BCUT2D eigenvalue weighted by molar-refractivity contribution is -0.129. The summed E-state index contributed by atoms with van der Waals surface area (Å²) in [7, 11) is 4.45. The number of carbonyl (C=O) groups excluding carboxylic acids is 1. The summed E-state index contributed by atoms with van der Waals surface area (Å²) in [5.74, 6) is 0.527. The molecule has 0 aliphatic carbocycles. The molecule has 9 heteroatoms. The number of alkyl halides is 2. The Bertz CT molecular complexity index is 987. The van der Waals surface area contributed by atoms with Gasteiger partial charge in [-0.2, -0.15) is 8.78 Å². The van der Waals surface area contributed by atoms with Gasteiger partial charge in [-0.15, -0.1) is 0 Å². The van der Waals surface area contributed by atoms with E-state index in [0.717, 1.165) is 0 Å². The van der Waals surface area contributed by atoms with Crippen molar-refractivity contribution in [2.75, 3.05) is 21.3 Å². The van der Waals surface area contributed by atoms with Gasteiger partial charge >= 0.3 is 12.6 Å². The van der Waals surface area contributed by atoms with E-state index in [0.29, 0.717) is 28.4 Å². The first-order valence-electron chi connectivity index (χ1n) is 8.33. The molecule has 2 aromatic carbocycles. The molecule has 3 rings (SSSR count). The van der Waals surface area contributed by atoms with Crippen molar-refractivity contribution in [1.29, 1.82) is 0 Å². The Labute approximate surface area is 165 Å². The van der Waals surface area contributed by atoms with E-state index < -0.39 is 12.6 Å². The second-order valence-electron chi connectivity index (χ2n) is 5.69. The first-order valence-corrected chi connectivity index (χ1v) is 8.33. The number of esters is 1. The third-order valence-corrected chi connectivity index (χ3v) is 3.95. The standard InChI is InChI=1S/C20H17F2NO6/c1-25-15-10-17(27-3)16(26-2)9-12(15)8-14-19(24)29-18(23-14)11-5-4-6-13(7-11)28-20(21)22/h4-10,20H,1-3H3. The van der Waals surface area contributed by atoms with Crippen molar-refractivity contribution in [2.45, 2.75) is 6.61 Å². The smallest absolute Gasteiger partial charge is 0.387 e. The van der Waals surface area contributed by atoms with E-state index in [2.05, 4.69) is 9.73 Å². The zero-order valence-corrected chi connectivity index (χ0v) is 15.8. The predicted octanol–water partition coefficient (Wildman–Crippen LogP) is 3.66. The molecule has 152 valence electrons. The van der Waals surface area contributed by atoms with Crippen LogP contribution in [-0.4, -0.2) is 39.8 Å². The molecular formula is C20H17F2NO6. The summed E-state index contributed by atoms with van der Waals surface area (Å²) in [6.07, 6.45) is 1.47. The number of hydrogen-bond donors (Lipinski definition) is 0. The molecule has 1 heterocycles. The number of rotatable bonds is 7. The molecule has 0 unspecified atom stereocenters. The summed E-state index contributed by atoms with van der Waals surface area (Å²) in [5, 5.41) is 0. The number of aliphatic imine (C=N–C) groups is 1. The molecule has 0 N–H and O–H groups in total. The average Bonchev–Trinajstić information content (AvgIpc) is 3.07. The van der Waals surface area contributed by atoms with Gasteiger partial charge in [0.25, 0.3) is 0 Å². The Morgan fingerprint density at radius 2 is 1.69 bits per heavy atom. The fourth-order valence-electron chi connectivity index (χ4n) is 2.65. The maximum Gasteiger partial charge on any atom is 0.387 e. The van der Waals surface area contributed by atoms with Crippen LogP contribution in [0.3, 0.4) is 0 Å². The van der Waals surface area contributed by atoms with Crippen molar-refractivity contribution in [3.8, 4) is 23.0 Å². The Kier molecular flexibility index (Phi) is 5.96. The molecule has 0 saturated carbocycles. The van der Waals surface area contributed by atoms with Crippen molar-refractivity contribution in [1.82, 2.24) is 0 Å². The summed E-state index contributed by atoms with van der Waals surface area (Å²) < 4.78 is 50.2. The zero-order valence-electron chi connectivity index (χ0n) is 15.8. The third-order valence-electron chi connectivity index (χ3n) is 3.95. The van der Waals surface area contributed by atoms with Gasteiger partial charge in [-0.3, -0.25) is 0 Å². The quantitative estimate of drug-likeness (QED) is 0.517. The van der Waals surface area contributed by atoms with Gasteiger partial charge in [0, 0.05) is 17.2 Å². The second kappa shape index (κ2) is 8.59. The van der Waals surface area contributed by atoms with E-state index in [4.69, 9.17) is 18.9 Å². The van der Waals surface area contributed by atoms with Crippen LogP contribution < -0.4 is 18.9 Å². The van der Waals surface area contributed by atoms with E-state index >= 15 is 0 Å². The summed E-state index contributed by atoms with van der Waals surface area (Å²) in [5.41, 5.74) is 0.835. The van der Waals surface area contributed by atoms with Gasteiger partial charge in [-0.1, -0.05) is 6.07 Å². The number of halogens is 2. The minimum Gasteiger partial charge on any atom is -0.496 e. The van der Waals surface area contributed by atoms with Crippen molar-refractivity contribution in [2.24, 2.45) is 4.99 Å². The first-order chi connectivity index (χ1) is 13.9. The number of ether oxygens (including phenoxy) is 5. The monoisotopic (exact) mass is 405 g/mol. The molecule has 0 amide bonds. The normalized spacial score (nSPS) is 14.6. The minimum absolute atomic E-state index is 0.00528. The lowest BCUT2D eigenvalue weighted by Crippen LogP contribution is -2.07. The highest BCUT2D eigenvalue weighted by molar-refractivity contribution is 6.13. The van der Waals surface area contributed by atoms with Crippen LogP contribution in [0.25, 0.3) is 6.08 Å². The number of benzene rings is 2. The maximum atomic E-state index is 12.4. The van der Waals surface area contributed by atoms with Crippen molar-refractivity contribution >= 4 is 17.9 Å². The molecule has 0 atom stereocenters. The SMILES string of the molecule is COc1cc(OC)c(OC)cc1C=C1N=C(c2cccc(OC(F)F)c2)OC1=O. The second-order valence-corrected chi connectivity index (χ2v) is 5.69. The highest BCUT2D eigenvalue weighted by Gasteiger charge is 2.25. The largest absolute Gasteiger partial charge is 0.496 e. The molecule has 7 nitrogen and oxygen atoms in total. The van der Waals surface area contributed by atoms with Crippen molar-refractivity contribution in [3.05, 3.63) is 53.2 Å². The van der Waals surface area contributed by atoms with E-state index in [1.54, 1.807) is 18.2 Å². The number of nitrogens with zero attached hydrogens (tertiary/aromatic N) is 1. The molecule has 0 saturated heterocycles. The molecule has 0 radical (unpaired) electrons. The van der Waals surface area contributed by atoms with Crippen LogP contribution in [0.4, 0.5) is 8.78 Å². The Balaban J connectivity index is 1.97. The fraction of sp³-hybridized carbons (Fsp3) is 0.200. The molecule has 0 bridgehead atoms. The van der Waals surface area contributed by atoms with Crippen LogP contribution in [0.15, 0.2) is 47.1 Å². The van der Waals surface area contributed by atoms with Gasteiger partial charge in [-0.05, 0) is 30.3 Å². The van der Waals surface area contributed by atoms with Crippen LogP contribution in [0.1, 0.15) is 11.1 Å². The first kappa shape index (κ1) is 20.1. The van der Waals surface area contributed by atoms with Gasteiger partial charge in [0.15, 0.2) is 17.2 Å². The van der Waals surface area contributed by atoms with Gasteiger partial charge in [0.1, 0.15) is 11.5 Å². The summed E-state index contributed by atoms with van der Waals surface area (Å²) >= 11 is 0. The van der Waals surface area contributed by atoms with E-state index in [1.807, 2.05) is 0 Å².